The number of thiazole rings is 1. The minimum absolute atomic E-state index is 0.309. The number of ether oxygens (including phenoxy) is 2. The van der Waals surface area contributed by atoms with Crippen molar-refractivity contribution in [3.8, 4) is 17.2 Å². The fraction of sp³-hybridized carbons (Fsp3) is 0.150. The molecule has 2 heterocycles. The molecule has 1 N–H and O–H groups in total. The highest BCUT2D eigenvalue weighted by Crippen LogP contribution is 2.29. The summed E-state index contributed by atoms with van der Waals surface area (Å²) in [7, 11) is 1.62. The van der Waals surface area contributed by atoms with Crippen LogP contribution in [0.25, 0.3) is 15.9 Å². The van der Waals surface area contributed by atoms with Gasteiger partial charge in [0.25, 0.3) is 5.91 Å². The zero-order valence-electron chi connectivity index (χ0n) is 15.4. The maximum Gasteiger partial charge on any atom is 0.277 e. The smallest absolute Gasteiger partial charge is 0.277 e. The predicted octanol–water partition coefficient (Wildman–Crippen LogP) is 4.14. The van der Waals surface area contributed by atoms with Gasteiger partial charge in [0.1, 0.15) is 11.5 Å². The molecule has 0 saturated carbocycles. The molecule has 0 spiro atoms. The zero-order valence-corrected chi connectivity index (χ0v) is 16.2. The Hall–Kier alpha value is -3.39. The Kier molecular flexibility index (Phi) is 4.94. The number of hydrogen-bond acceptors (Lipinski definition) is 6. The number of anilines is 1. The molecule has 0 radical (unpaired) electrons. The molecule has 4 rings (SSSR count). The maximum atomic E-state index is 12.5. The van der Waals surface area contributed by atoms with E-state index in [9.17, 15) is 4.79 Å². The molecule has 0 fully saturated rings. The first-order valence-electron chi connectivity index (χ1n) is 8.71. The zero-order chi connectivity index (χ0) is 19.5. The fourth-order valence-electron chi connectivity index (χ4n) is 2.70. The van der Waals surface area contributed by atoms with E-state index in [-0.39, 0.29) is 5.91 Å². The van der Waals surface area contributed by atoms with Gasteiger partial charge in [-0.3, -0.25) is 10.1 Å². The van der Waals surface area contributed by atoms with Crippen LogP contribution in [-0.4, -0.2) is 34.4 Å². The van der Waals surface area contributed by atoms with Gasteiger partial charge in [0, 0.05) is 6.20 Å². The number of nitrogens with zero attached hydrogens (tertiary/aromatic N) is 3. The molecule has 0 aliphatic rings. The van der Waals surface area contributed by atoms with Crippen molar-refractivity contribution in [2.45, 2.75) is 6.92 Å². The topological polar surface area (TPSA) is 78.3 Å². The van der Waals surface area contributed by atoms with Gasteiger partial charge in [-0.25, -0.2) is 9.67 Å². The van der Waals surface area contributed by atoms with Crippen molar-refractivity contribution in [2.75, 3.05) is 19.0 Å². The SMILES string of the molecule is CCOc1ccc2nc(NC(=O)c3ccn(-c4ccc(OC)cc4)n3)sc2c1. The number of rotatable bonds is 6. The summed E-state index contributed by atoms with van der Waals surface area (Å²) in [6.45, 7) is 2.54. The van der Waals surface area contributed by atoms with Crippen LogP contribution >= 0.6 is 11.3 Å². The third-order valence-corrected chi connectivity index (χ3v) is 4.98. The van der Waals surface area contributed by atoms with Crippen LogP contribution in [0.15, 0.2) is 54.7 Å². The number of carbonyl (C=O) groups excluding carboxylic acids is 1. The Morgan fingerprint density at radius 3 is 2.68 bits per heavy atom. The maximum absolute atomic E-state index is 12.5. The normalized spacial score (nSPS) is 10.8. The van der Waals surface area contributed by atoms with Crippen molar-refractivity contribution in [3.63, 3.8) is 0 Å². The summed E-state index contributed by atoms with van der Waals surface area (Å²) in [6.07, 6.45) is 1.74. The Labute approximate surface area is 165 Å². The highest BCUT2D eigenvalue weighted by molar-refractivity contribution is 7.22. The largest absolute Gasteiger partial charge is 0.497 e. The van der Waals surface area contributed by atoms with E-state index in [0.29, 0.717) is 17.4 Å². The molecule has 2 aromatic heterocycles. The van der Waals surface area contributed by atoms with Crippen LogP contribution in [0.4, 0.5) is 5.13 Å². The van der Waals surface area contributed by atoms with E-state index in [4.69, 9.17) is 9.47 Å². The molecule has 0 aliphatic carbocycles. The molecule has 0 aliphatic heterocycles. The summed E-state index contributed by atoms with van der Waals surface area (Å²) in [5, 5.41) is 7.68. The summed E-state index contributed by atoms with van der Waals surface area (Å²) in [6, 6.07) is 14.8. The summed E-state index contributed by atoms with van der Waals surface area (Å²) in [5.41, 5.74) is 1.96. The molecule has 8 heteroatoms. The second-order valence-electron chi connectivity index (χ2n) is 5.88. The van der Waals surface area contributed by atoms with Crippen LogP contribution in [0.2, 0.25) is 0 Å². The average Bonchev–Trinajstić information content (AvgIpc) is 3.35. The molecule has 142 valence electrons. The Morgan fingerprint density at radius 1 is 1.14 bits per heavy atom. The number of methoxy groups -OCH3 is 1. The molecular formula is C20H18N4O3S. The number of hydrogen-bond donors (Lipinski definition) is 1. The number of aromatic nitrogens is 3. The van der Waals surface area contributed by atoms with Gasteiger partial charge >= 0.3 is 0 Å². The predicted molar refractivity (Wildman–Crippen MR) is 109 cm³/mol. The lowest BCUT2D eigenvalue weighted by Crippen LogP contribution is -2.13. The summed E-state index contributed by atoms with van der Waals surface area (Å²) < 4.78 is 13.2. The molecule has 4 aromatic rings. The van der Waals surface area contributed by atoms with Crippen molar-refractivity contribution in [1.82, 2.24) is 14.8 Å². The van der Waals surface area contributed by atoms with Gasteiger partial charge in [0.05, 0.1) is 29.6 Å². The number of amides is 1. The van der Waals surface area contributed by atoms with Gasteiger partial charge in [-0.05, 0) is 55.5 Å². The van der Waals surface area contributed by atoms with Crippen LogP contribution in [-0.2, 0) is 0 Å². The highest BCUT2D eigenvalue weighted by Gasteiger charge is 2.13. The van der Waals surface area contributed by atoms with Crippen molar-refractivity contribution in [3.05, 3.63) is 60.4 Å². The third kappa shape index (κ3) is 3.67. The Morgan fingerprint density at radius 2 is 1.93 bits per heavy atom. The number of carbonyl (C=O) groups is 1. The molecule has 0 saturated heterocycles. The second kappa shape index (κ2) is 7.69. The van der Waals surface area contributed by atoms with E-state index < -0.39 is 0 Å². The van der Waals surface area contributed by atoms with Crippen molar-refractivity contribution < 1.29 is 14.3 Å². The van der Waals surface area contributed by atoms with Crippen LogP contribution in [0.3, 0.4) is 0 Å². The van der Waals surface area contributed by atoms with E-state index in [1.807, 2.05) is 49.4 Å². The second-order valence-corrected chi connectivity index (χ2v) is 6.91. The summed E-state index contributed by atoms with van der Waals surface area (Å²) in [4.78, 5) is 17.0. The lowest BCUT2D eigenvalue weighted by atomic mass is 10.3. The molecule has 0 unspecified atom stereocenters. The molecule has 7 nitrogen and oxygen atoms in total. The van der Waals surface area contributed by atoms with E-state index in [2.05, 4.69) is 15.4 Å². The highest BCUT2D eigenvalue weighted by atomic mass is 32.1. The van der Waals surface area contributed by atoms with Gasteiger partial charge in [0.15, 0.2) is 10.8 Å². The summed E-state index contributed by atoms with van der Waals surface area (Å²) >= 11 is 1.40. The van der Waals surface area contributed by atoms with Gasteiger partial charge in [-0.15, -0.1) is 0 Å². The van der Waals surface area contributed by atoms with E-state index in [1.165, 1.54) is 11.3 Å². The Bertz CT molecular complexity index is 1120. The first-order valence-corrected chi connectivity index (χ1v) is 9.53. The van der Waals surface area contributed by atoms with Crippen LogP contribution in [0.1, 0.15) is 17.4 Å². The minimum atomic E-state index is -0.309. The van der Waals surface area contributed by atoms with E-state index in [0.717, 1.165) is 27.4 Å². The van der Waals surface area contributed by atoms with Gasteiger partial charge < -0.3 is 9.47 Å². The van der Waals surface area contributed by atoms with Crippen molar-refractivity contribution in [2.24, 2.45) is 0 Å². The monoisotopic (exact) mass is 394 g/mol. The van der Waals surface area contributed by atoms with Gasteiger partial charge in [-0.1, -0.05) is 11.3 Å². The third-order valence-electron chi connectivity index (χ3n) is 4.05. The minimum Gasteiger partial charge on any atom is -0.497 e. The van der Waals surface area contributed by atoms with Crippen molar-refractivity contribution in [1.29, 1.82) is 0 Å². The summed E-state index contributed by atoms with van der Waals surface area (Å²) in [5.74, 6) is 1.24. The molecule has 0 atom stereocenters. The molecule has 0 bridgehead atoms. The molecule has 1 amide bonds. The van der Waals surface area contributed by atoms with Crippen LogP contribution in [0, 0.1) is 0 Å². The van der Waals surface area contributed by atoms with E-state index in [1.54, 1.807) is 24.1 Å². The van der Waals surface area contributed by atoms with E-state index >= 15 is 0 Å². The molecule has 2 aromatic carbocycles. The molecular weight excluding hydrogens is 376 g/mol. The molecule has 28 heavy (non-hydrogen) atoms. The fourth-order valence-corrected chi connectivity index (χ4v) is 3.59. The van der Waals surface area contributed by atoms with Gasteiger partial charge in [-0.2, -0.15) is 5.10 Å². The standard InChI is InChI=1S/C20H18N4O3S/c1-3-27-15-8-9-16-18(12-15)28-20(21-16)22-19(25)17-10-11-24(23-17)13-4-6-14(26-2)7-5-13/h4-12H,3H2,1-2H3,(H,21,22,25). The average molecular weight is 394 g/mol. The number of nitrogens with one attached hydrogen (secondary N) is 1. The quantitative estimate of drug-likeness (QED) is 0.532. The Balaban J connectivity index is 1.50. The lowest BCUT2D eigenvalue weighted by molar-refractivity contribution is 0.102. The first-order chi connectivity index (χ1) is 13.7. The first kappa shape index (κ1) is 18.0. The lowest BCUT2D eigenvalue weighted by Gasteiger charge is -2.03. The van der Waals surface area contributed by atoms with Crippen LogP contribution in [0.5, 0.6) is 11.5 Å². The number of benzene rings is 2. The van der Waals surface area contributed by atoms with Gasteiger partial charge in [0.2, 0.25) is 0 Å². The number of fused-ring (bicyclic) bond motifs is 1. The van der Waals surface area contributed by atoms with Crippen molar-refractivity contribution >= 4 is 32.6 Å². The van der Waals surface area contributed by atoms with Crippen LogP contribution < -0.4 is 14.8 Å².